The quantitative estimate of drug-likeness (QED) is 0.131. The minimum atomic E-state index is -0.169. The molecular weight excluding hydrogens is 575 g/mol. The van der Waals surface area contributed by atoms with Gasteiger partial charge in [-0.15, -0.1) is 11.3 Å². The van der Waals surface area contributed by atoms with Crippen LogP contribution in [0.25, 0.3) is 43.1 Å². The SMILES string of the molecule is CCCCCc1ccc(C2=CC=C(c3ccc(-c4ccc(-c5ccc(CCCCC)cc5F)s4)c4nsnc34)C2)c(F)c1. The van der Waals surface area contributed by atoms with Crippen molar-refractivity contribution in [3.63, 3.8) is 0 Å². The minimum absolute atomic E-state index is 0.151. The average Bonchev–Trinajstić information content (AvgIpc) is 3.79. The summed E-state index contributed by atoms with van der Waals surface area (Å²) in [6.45, 7) is 4.36. The van der Waals surface area contributed by atoms with Crippen molar-refractivity contribution in [3.8, 4) is 20.9 Å². The molecule has 0 radical (unpaired) electrons. The van der Waals surface area contributed by atoms with E-state index in [9.17, 15) is 0 Å². The normalized spacial score (nSPS) is 13.1. The molecule has 0 N–H and O–H groups in total. The number of aromatic nitrogens is 2. The van der Waals surface area contributed by atoms with Crippen LogP contribution in [0.3, 0.4) is 0 Å². The van der Waals surface area contributed by atoms with Crippen LogP contribution in [0.5, 0.6) is 0 Å². The average molecular weight is 611 g/mol. The van der Waals surface area contributed by atoms with Crippen LogP contribution < -0.4 is 0 Å². The molecule has 0 spiro atoms. The Kier molecular flexibility index (Phi) is 9.25. The molecule has 0 atom stereocenters. The van der Waals surface area contributed by atoms with Crippen LogP contribution in [0, 0.1) is 11.6 Å². The van der Waals surface area contributed by atoms with Gasteiger partial charge in [-0.2, -0.15) is 8.75 Å². The number of hydrogen-bond acceptors (Lipinski definition) is 4. The number of aryl methyl sites for hydroxylation is 2. The molecule has 0 unspecified atom stereocenters. The maximum atomic E-state index is 15.1. The van der Waals surface area contributed by atoms with Gasteiger partial charge in [0.1, 0.15) is 22.7 Å². The highest BCUT2D eigenvalue weighted by molar-refractivity contribution is 7.19. The van der Waals surface area contributed by atoms with E-state index < -0.39 is 0 Å². The van der Waals surface area contributed by atoms with Crippen LogP contribution in [0.15, 0.2) is 72.8 Å². The molecule has 2 nitrogen and oxygen atoms in total. The maximum absolute atomic E-state index is 15.1. The fourth-order valence-electron chi connectivity index (χ4n) is 5.89. The van der Waals surface area contributed by atoms with Gasteiger partial charge in [0.05, 0.1) is 11.7 Å². The van der Waals surface area contributed by atoms with Crippen molar-refractivity contribution in [2.75, 3.05) is 0 Å². The smallest absolute Gasteiger partial charge is 0.132 e. The van der Waals surface area contributed by atoms with Gasteiger partial charge in [0.15, 0.2) is 0 Å². The lowest BCUT2D eigenvalue weighted by Gasteiger charge is -2.10. The van der Waals surface area contributed by atoms with Gasteiger partial charge in [-0.05, 0) is 78.6 Å². The van der Waals surface area contributed by atoms with Crippen molar-refractivity contribution >= 4 is 45.2 Å². The Labute approximate surface area is 261 Å². The first-order valence-electron chi connectivity index (χ1n) is 15.4. The number of nitrogens with zero attached hydrogens (tertiary/aromatic N) is 2. The highest BCUT2D eigenvalue weighted by atomic mass is 32.1. The molecule has 220 valence electrons. The predicted molar refractivity (Wildman–Crippen MR) is 180 cm³/mol. The zero-order valence-electron chi connectivity index (χ0n) is 24.8. The van der Waals surface area contributed by atoms with Crippen molar-refractivity contribution in [3.05, 3.63) is 107 Å². The largest absolute Gasteiger partial charge is 0.206 e. The van der Waals surface area contributed by atoms with Crippen molar-refractivity contribution in [2.45, 2.75) is 71.6 Å². The minimum Gasteiger partial charge on any atom is -0.206 e. The Morgan fingerprint density at radius 1 is 0.605 bits per heavy atom. The molecule has 0 aliphatic heterocycles. The highest BCUT2D eigenvalue weighted by Crippen LogP contribution is 2.42. The molecule has 6 heteroatoms. The maximum Gasteiger partial charge on any atom is 0.132 e. The molecule has 3 aromatic carbocycles. The van der Waals surface area contributed by atoms with Gasteiger partial charge in [-0.1, -0.05) is 88.1 Å². The Morgan fingerprint density at radius 2 is 1.12 bits per heavy atom. The number of thiophene rings is 1. The fraction of sp³-hybridized carbons (Fsp3) is 0.297. The van der Waals surface area contributed by atoms with Crippen molar-refractivity contribution < 1.29 is 8.78 Å². The van der Waals surface area contributed by atoms with E-state index in [4.69, 9.17) is 0 Å². The number of rotatable bonds is 12. The van der Waals surface area contributed by atoms with E-state index in [1.807, 2.05) is 30.3 Å². The van der Waals surface area contributed by atoms with Crippen molar-refractivity contribution in [1.82, 2.24) is 8.75 Å². The summed E-state index contributed by atoms with van der Waals surface area (Å²) in [7, 11) is 0. The van der Waals surface area contributed by atoms with Gasteiger partial charge in [-0.25, -0.2) is 8.78 Å². The molecule has 0 saturated heterocycles. The van der Waals surface area contributed by atoms with E-state index in [0.717, 1.165) is 99.1 Å². The molecule has 43 heavy (non-hydrogen) atoms. The van der Waals surface area contributed by atoms with Gasteiger partial charge in [0.25, 0.3) is 0 Å². The number of hydrogen-bond donors (Lipinski definition) is 0. The third kappa shape index (κ3) is 6.41. The number of benzene rings is 3. The van der Waals surface area contributed by atoms with Crippen molar-refractivity contribution in [1.29, 1.82) is 0 Å². The van der Waals surface area contributed by atoms with E-state index in [0.29, 0.717) is 17.5 Å². The van der Waals surface area contributed by atoms with Crippen molar-refractivity contribution in [2.24, 2.45) is 0 Å². The van der Waals surface area contributed by atoms with Gasteiger partial charge >= 0.3 is 0 Å². The second kappa shape index (κ2) is 13.4. The number of allylic oxidation sites excluding steroid dienone is 4. The summed E-state index contributed by atoms with van der Waals surface area (Å²) in [6.07, 6.45) is 13.4. The van der Waals surface area contributed by atoms with Crippen LogP contribution in [-0.4, -0.2) is 8.75 Å². The van der Waals surface area contributed by atoms with Crippen LogP contribution >= 0.6 is 23.1 Å². The zero-order valence-corrected chi connectivity index (χ0v) is 26.4. The van der Waals surface area contributed by atoms with Crippen LogP contribution in [0.1, 0.15) is 81.0 Å². The second-order valence-corrected chi connectivity index (χ2v) is 13.0. The lowest BCUT2D eigenvalue weighted by Crippen LogP contribution is -1.94. The summed E-state index contributed by atoms with van der Waals surface area (Å²) >= 11 is 2.77. The molecule has 6 rings (SSSR count). The first-order chi connectivity index (χ1) is 21.1. The van der Waals surface area contributed by atoms with Gasteiger partial charge < -0.3 is 0 Å². The molecule has 0 bridgehead atoms. The Hall–Kier alpha value is -3.48. The topological polar surface area (TPSA) is 25.8 Å². The summed E-state index contributed by atoms with van der Waals surface area (Å²) in [4.78, 5) is 1.93. The van der Waals surface area contributed by atoms with E-state index >= 15 is 8.78 Å². The molecule has 2 heterocycles. The monoisotopic (exact) mass is 610 g/mol. The molecular formula is C37H36F2N2S2. The van der Waals surface area contributed by atoms with Crippen LogP contribution in [-0.2, 0) is 12.8 Å². The van der Waals surface area contributed by atoms with Gasteiger partial charge in [0, 0.05) is 32.0 Å². The zero-order chi connectivity index (χ0) is 29.8. The first kappa shape index (κ1) is 29.6. The van der Waals surface area contributed by atoms with Gasteiger partial charge in [0.2, 0.25) is 0 Å². The standard InChI is InChI=1S/C37H36F2N2S2/c1-3-5-7-9-24-11-15-28(32(38)21-24)26-13-14-27(23-26)29-17-18-31(37-36(29)40-43-41-37)35-20-19-34(42-35)30-16-12-25(22-33(30)39)10-8-6-4-2/h11-22H,3-10,23H2,1-2H3. The third-order valence-electron chi connectivity index (χ3n) is 8.32. The summed E-state index contributed by atoms with van der Waals surface area (Å²) in [5, 5.41) is 0. The second-order valence-electron chi connectivity index (χ2n) is 11.4. The lowest BCUT2D eigenvalue weighted by atomic mass is 9.95. The molecule has 1 aliphatic carbocycles. The first-order valence-corrected chi connectivity index (χ1v) is 16.9. The summed E-state index contributed by atoms with van der Waals surface area (Å²) < 4.78 is 39.5. The summed E-state index contributed by atoms with van der Waals surface area (Å²) in [6, 6.07) is 19.6. The van der Waals surface area contributed by atoms with E-state index in [1.54, 1.807) is 23.5 Å². The highest BCUT2D eigenvalue weighted by Gasteiger charge is 2.21. The lowest BCUT2D eigenvalue weighted by molar-refractivity contribution is 0.619. The number of halogens is 2. The number of fused-ring (bicyclic) bond motifs is 1. The van der Waals surface area contributed by atoms with Crippen LogP contribution in [0.2, 0.25) is 0 Å². The molecule has 1 aliphatic rings. The Bertz CT molecular complexity index is 1810. The van der Waals surface area contributed by atoms with E-state index in [-0.39, 0.29) is 11.6 Å². The van der Waals surface area contributed by atoms with Crippen LogP contribution in [0.4, 0.5) is 8.78 Å². The Morgan fingerprint density at radius 3 is 1.72 bits per heavy atom. The number of unbranched alkanes of at least 4 members (excludes halogenated alkanes) is 4. The molecule has 2 aromatic heterocycles. The molecule has 0 fully saturated rings. The molecule has 5 aromatic rings. The van der Waals surface area contributed by atoms with E-state index in [2.05, 4.69) is 52.9 Å². The molecule has 0 saturated carbocycles. The Balaban J connectivity index is 1.20. The molecule has 0 amide bonds. The van der Waals surface area contributed by atoms with Gasteiger partial charge in [-0.3, -0.25) is 0 Å². The fourth-order valence-corrected chi connectivity index (χ4v) is 7.53. The van der Waals surface area contributed by atoms with E-state index in [1.165, 1.54) is 18.1 Å². The third-order valence-corrected chi connectivity index (χ3v) is 10.00. The predicted octanol–water partition coefficient (Wildman–Crippen LogP) is 11.7. The summed E-state index contributed by atoms with van der Waals surface area (Å²) in [5.41, 5.74) is 9.23. The summed E-state index contributed by atoms with van der Waals surface area (Å²) in [5.74, 6) is -0.320.